The van der Waals surface area contributed by atoms with Crippen LogP contribution in [0.2, 0.25) is 5.02 Å². The summed E-state index contributed by atoms with van der Waals surface area (Å²) in [5.74, 6) is -1.14. The Hall–Kier alpha value is -2.40. The van der Waals surface area contributed by atoms with Gasteiger partial charge in [0, 0.05) is 10.6 Å². The van der Waals surface area contributed by atoms with Crippen molar-refractivity contribution in [3.8, 4) is 16.9 Å². The molecule has 0 bridgehead atoms. The van der Waals surface area contributed by atoms with Gasteiger partial charge in [0.2, 0.25) is 0 Å². The molecule has 0 aliphatic rings. The summed E-state index contributed by atoms with van der Waals surface area (Å²) in [6.45, 7) is 0. The van der Waals surface area contributed by atoms with Crippen LogP contribution in [-0.4, -0.2) is 9.78 Å². The van der Waals surface area contributed by atoms with Gasteiger partial charge in [-0.15, -0.1) is 0 Å². The Morgan fingerprint density at radius 2 is 1.90 bits per heavy atom. The summed E-state index contributed by atoms with van der Waals surface area (Å²) in [6, 6.07) is 10.1. The fraction of sp³-hybridized carbons (Fsp3) is 0. The molecule has 1 heterocycles. The van der Waals surface area contributed by atoms with Crippen LogP contribution in [0.4, 0.5) is 14.5 Å². The van der Waals surface area contributed by atoms with Crippen LogP contribution in [0.5, 0.6) is 0 Å². The number of hydrogen-bond donors (Lipinski definition) is 1. The van der Waals surface area contributed by atoms with E-state index in [2.05, 4.69) is 5.10 Å². The smallest absolute Gasteiger partial charge is 0.132 e. The molecule has 3 nitrogen and oxygen atoms in total. The van der Waals surface area contributed by atoms with Crippen molar-refractivity contribution in [1.82, 2.24) is 9.78 Å². The zero-order valence-electron chi connectivity index (χ0n) is 10.7. The predicted octanol–water partition coefficient (Wildman–Crippen LogP) is 4.05. The summed E-state index contributed by atoms with van der Waals surface area (Å²) in [7, 11) is 0. The van der Waals surface area contributed by atoms with Crippen molar-refractivity contribution in [2.45, 2.75) is 0 Å². The molecule has 0 saturated carbocycles. The summed E-state index contributed by atoms with van der Waals surface area (Å²) >= 11 is 5.92. The first-order valence-electron chi connectivity index (χ1n) is 6.11. The van der Waals surface area contributed by atoms with E-state index in [-0.39, 0.29) is 16.9 Å². The van der Waals surface area contributed by atoms with Gasteiger partial charge < -0.3 is 5.73 Å². The molecule has 0 amide bonds. The fourth-order valence-corrected chi connectivity index (χ4v) is 2.21. The van der Waals surface area contributed by atoms with Gasteiger partial charge in [0.25, 0.3) is 0 Å². The molecule has 3 aromatic rings. The zero-order valence-corrected chi connectivity index (χ0v) is 11.5. The highest BCUT2D eigenvalue weighted by Gasteiger charge is 2.14. The molecular weight excluding hydrogens is 296 g/mol. The second-order valence-corrected chi connectivity index (χ2v) is 4.92. The summed E-state index contributed by atoms with van der Waals surface area (Å²) in [5, 5.41) is 4.76. The van der Waals surface area contributed by atoms with Crippen LogP contribution >= 0.6 is 11.6 Å². The third kappa shape index (κ3) is 2.60. The first-order chi connectivity index (χ1) is 10.0. The maximum Gasteiger partial charge on any atom is 0.132 e. The van der Waals surface area contributed by atoms with Crippen LogP contribution in [0.3, 0.4) is 0 Å². The van der Waals surface area contributed by atoms with Gasteiger partial charge in [-0.3, -0.25) is 0 Å². The van der Waals surface area contributed by atoms with Crippen LogP contribution < -0.4 is 5.73 Å². The Labute approximate surface area is 124 Å². The van der Waals surface area contributed by atoms with Crippen molar-refractivity contribution >= 4 is 17.3 Å². The third-order valence-corrected chi connectivity index (χ3v) is 3.23. The van der Waals surface area contributed by atoms with Crippen LogP contribution in [0.15, 0.2) is 48.7 Å². The number of anilines is 1. The van der Waals surface area contributed by atoms with Gasteiger partial charge in [-0.2, -0.15) is 5.10 Å². The van der Waals surface area contributed by atoms with Crippen molar-refractivity contribution in [2.24, 2.45) is 0 Å². The van der Waals surface area contributed by atoms with E-state index < -0.39 is 11.6 Å². The summed E-state index contributed by atoms with van der Waals surface area (Å²) < 4.78 is 28.6. The fourth-order valence-electron chi connectivity index (χ4n) is 2.03. The van der Waals surface area contributed by atoms with E-state index in [1.807, 2.05) is 0 Å². The maximum atomic E-state index is 13.8. The van der Waals surface area contributed by atoms with Crippen molar-refractivity contribution in [3.05, 3.63) is 65.3 Å². The average molecular weight is 306 g/mol. The second kappa shape index (κ2) is 5.18. The molecule has 2 aromatic carbocycles. The van der Waals surface area contributed by atoms with Crippen molar-refractivity contribution in [3.63, 3.8) is 0 Å². The van der Waals surface area contributed by atoms with Crippen LogP contribution in [0.1, 0.15) is 0 Å². The standard InChI is InChI=1S/C15H10ClF2N3/c16-9-2-1-3-11(6-9)21-8-14(19)15(20-21)12-7-10(17)4-5-13(12)18/h1-8H,19H2. The molecule has 21 heavy (non-hydrogen) atoms. The molecule has 0 aliphatic heterocycles. The lowest BCUT2D eigenvalue weighted by Gasteiger charge is -2.02. The molecule has 0 radical (unpaired) electrons. The average Bonchev–Trinajstić information content (AvgIpc) is 2.83. The van der Waals surface area contributed by atoms with E-state index in [0.717, 1.165) is 18.2 Å². The lowest BCUT2D eigenvalue weighted by Crippen LogP contribution is -1.95. The number of nitrogens with zero attached hydrogens (tertiary/aromatic N) is 2. The first kappa shape index (κ1) is 13.6. The van der Waals surface area contributed by atoms with Gasteiger partial charge in [0.1, 0.15) is 17.3 Å². The molecule has 0 fully saturated rings. The lowest BCUT2D eigenvalue weighted by molar-refractivity contribution is 0.602. The Morgan fingerprint density at radius 3 is 2.67 bits per heavy atom. The maximum absolute atomic E-state index is 13.8. The van der Waals surface area contributed by atoms with Crippen LogP contribution in [0.25, 0.3) is 16.9 Å². The number of hydrogen-bond acceptors (Lipinski definition) is 2. The summed E-state index contributed by atoms with van der Waals surface area (Å²) in [5.41, 5.74) is 7.00. The van der Waals surface area contributed by atoms with E-state index in [4.69, 9.17) is 17.3 Å². The SMILES string of the molecule is Nc1cn(-c2cccc(Cl)c2)nc1-c1cc(F)ccc1F. The Morgan fingerprint density at radius 1 is 1.10 bits per heavy atom. The van der Waals surface area contributed by atoms with Crippen molar-refractivity contribution in [1.29, 1.82) is 0 Å². The van der Waals surface area contributed by atoms with Crippen LogP contribution in [0, 0.1) is 11.6 Å². The quantitative estimate of drug-likeness (QED) is 0.776. The Balaban J connectivity index is 2.12. The molecule has 0 aliphatic carbocycles. The molecule has 106 valence electrons. The van der Waals surface area contributed by atoms with Gasteiger partial charge in [0.05, 0.1) is 17.6 Å². The highest BCUT2D eigenvalue weighted by atomic mass is 35.5. The monoisotopic (exact) mass is 305 g/mol. The van der Waals surface area contributed by atoms with E-state index in [9.17, 15) is 8.78 Å². The number of rotatable bonds is 2. The molecule has 3 rings (SSSR count). The van der Waals surface area contributed by atoms with Crippen molar-refractivity contribution in [2.75, 3.05) is 5.73 Å². The molecule has 0 saturated heterocycles. The van der Waals surface area contributed by atoms with Gasteiger partial charge in [0.15, 0.2) is 0 Å². The predicted molar refractivity (Wildman–Crippen MR) is 78.3 cm³/mol. The lowest BCUT2D eigenvalue weighted by atomic mass is 10.1. The molecule has 2 N–H and O–H groups in total. The number of nitrogens with two attached hydrogens (primary N) is 1. The van der Waals surface area contributed by atoms with Gasteiger partial charge >= 0.3 is 0 Å². The molecular formula is C15H10ClF2N3. The first-order valence-corrected chi connectivity index (χ1v) is 6.49. The van der Waals surface area contributed by atoms with Gasteiger partial charge in [-0.25, -0.2) is 13.5 Å². The van der Waals surface area contributed by atoms with Gasteiger partial charge in [-0.1, -0.05) is 17.7 Å². The summed E-state index contributed by atoms with van der Waals surface area (Å²) in [4.78, 5) is 0. The van der Waals surface area contributed by atoms with Crippen LogP contribution in [-0.2, 0) is 0 Å². The minimum absolute atomic E-state index is 0.0216. The second-order valence-electron chi connectivity index (χ2n) is 4.48. The largest absolute Gasteiger partial charge is 0.396 e. The molecule has 1 aromatic heterocycles. The molecule has 0 spiro atoms. The molecule has 0 atom stereocenters. The number of nitrogen functional groups attached to an aromatic ring is 1. The van der Waals surface area contributed by atoms with E-state index in [1.54, 1.807) is 24.3 Å². The van der Waals surface area contributed by atoms with E-state index >= 15 is 0 Å². The normalized spacial score (nSPS) is 10.8. The minimum atomic E-state index is -0.584. The van der Waals surface area contributed by atoms with E-state index in [1.165, 1.54) is 10.9 Å². The number of halogens is 3. The highest BCUT2D eigenvalue weighted by Crippen LogP contribution is 2.28. The van der Waals surface area contributed by atoms with Crippen molar-refractivity contribution < 1.29 is 8.78 Å². The third-order valence-electron chi connectivity index (χ3n) is 3.00. The highest BCUT2D eigenvalue weighted by molar-refractivity contribution is 6.30. The topological polar surface area (TPSA) is 43.8 Å². The molecule has 0 unspecified atom stereocenters. The Bertz CT molecular complexity index is 814. The Kier molecular flexibility index (Phi) is 3.35. The zero-order chi connectivity index (χ0) is 15.0. The minimum Gasteiger partial charge on any atom is -0.396 e. The van der Waals surface area contributed by atoms with Gasteiger partial charge in [-0.05, 0) is 36.4 Å². The molecule has 6 heteroatoms. The number of benzene rings is 2. The number of aromatic nitrogens is 2. The summed E-state index contributed by atoms with van der Waals surface area (Å²) in [6.07, 6.45) is 1.53. The van der Waals surface area contributed by atoms with E-state index in [0.29, 0.717) is 10.7 Å².